The van der Waals surface area contributed by atoms with Crippen molar-refractivity contribution in [3.63, 3.8) is 0 Å². The van der Waals surface area contributed by atoms with Gasteiger partial charge in [0.15, 0.2) is 9.84 Å². The molecule has 0 fully saturated rings. The molecule has 3 aromatic rings. The number of nitrogens with one attached hydrogen (secondary N) is 1. The predicted octanol–water partition coefficient (Wildman–Crippen LogP) is 2.99. The van der Waals surface area contributed by atoms with E-state index in [-0.39, 0.29) is 17.3 Å². The van der Waals surface area contributed by atoms with Gasteiger partial charge in [0.2, 0.25) is 5.91 Å². The van der Waals surface area contributed by atoms with Gasteiger partial charge >= 0.3 is 0 Å². The zero-order valence-corrected chi connectivity index (χ0v) is 19.6. The maximum atomic E-state index is 12.6. The summed E-state index contributed by atoms with van der Waals surface area (Å²) in [6, 6.07) is 12.3. The standard InChI is InChI=1S/C24H29N3O4S/c1-16(2)11-19-6-8-20(9-7-19)18(4)25-23(28)15-32(30,31)14-21-12-24(29)27-13-17(3)5-10-22(27)26-21/h5-10,12-13,16,18H,11,14-15H2,1-4H3,(H,25,28). The van der Waals surface area contributed by atoms with Gasteiger partial charge in [0.25, 0.3) is 5.56 Å². The molecule has 1 atom stereocenters. The van der Waals surface area contributed by atoms with Crippen LogP contribution in [0.5, 0.6) is 0 Å². The van der Waals surface area contributed by atoms with Crippen molar-refractivity contribution in [3.05, 3.63) is 81.4 Å². The fourth-order valence-corrected chi connectivity index (χ4v) is 4.77. The Morgan fingerprint density at radius 2 is 1.78 bits per heavy atom. The summed E-state index contributed by atoms with van der Waals surface area (Å²) < 4.78 is 26.5. The van der Waals surface area contributed by atoms with E-state index in [9.17, 15) is 18.0 Å². The van der Waals surface area contributed by atoms with Gasteiger partial charge in [-0.1, -0.05) is 44.2 Å². The third kappa shape index (κ3) is 6.26. The molecule has 0 aliphatic carbocycles. The van der Waals surface area contributed by atoms with Gasteiger partial charge in [-0.3, -0.25) is 14.0 Å². The Labute approximate surface area is 188 Å². The Hall–Kier alpha value is -3.00. The summed E-state index contributed by atoms with van der Waals surface area (Å²) >= 11 is 0. The van der Waals surface area contributed by atoms with E-state index in [4.69, 9.17) is 0 Å². The van der Waals surface area contributed by atoms with Crippen molar-refractivity contribution < 1.29 is 13.2 Å². The SMILES string of the molecule is Cc1ccc2nc(CS(=O)(=O)CC(=O)NC(C)c3ccc(CC(C)C)cc3)cc(=O)n2c1. The maximum Gasteiger partial charge on any atom is 0.258 e. The lowest BCUT2D eigenvalue weighted by Gasteiger charge is -2.15. The van der Waals surface area contributed by atoms with Crippen LogP contribution in [0.25, 0.3) is 5.65 Å². The number of carbonyl (C=O) groups is 1. The Morgan fingerprint density at radius 3 is 2.44 bits per heavy atom. The first-order chi connectivity index (χ1) is 15.0. The van der Waals surface area contributed by atoms with Gasteiger partial charge in [-0.15, -0.1) is 0 Å². The maximum absolute atomic E-state index is 12.6. The van der Waals surface area contributed by atoms with Gasteiger partial charge in [-0.25, -0.2) is 13.4 Å². The lowest BCUT2D eigenvalue weighted by molar-refractivity contribution is -0.119. The van der Waals surface area contributed by atoms with Crippen molar-refractivity contribution in [2.75, 3.05) is 5.75 Å². The second-order valence-electron chi connectivity index (χ2n) is 8.68. The van der Waals surface area contributed by atoms with Crippen LogP contribution in [0, 0.1) is 12.8 Å². The number of fused-ring (bicyclic) bond motifs is 1. The molecule has 0 aliphatic rings. The largest absolute Gasteiger partial charge is 0.349 e. The average Bonchev–Trinajstić information content (AvgIpc) is 2.67. The second kappa shape index (κ2) is 9.65. The number of carbonyl (C=O) groups excluding carboxylic acids is 1. The average molecular weight is 456 g/mol. The lowest BCUT2D eigenvalue weighted by Crippen LogP contribution is -2.33. The molecule has 1 unspecified atom stereocenters. The van der Waals surface area contributed by atoms with E-state index in [0.29, 0.717) is 11.6 Å². The first kappa shape index (κ1) is 23.7. The molecule has 170 valence electrons. The fourth-order valence-electron chi connectivity index (χ4n) is 3.59. The number of sulfone groups is 1. The van der Waals surface area contributed by atoms with Crippen molar-refractivity contribution >= 4 is 21.4 Å². The van der Waals surface area contributed by atoms with Crippen LogP contribution in [0.15, 0.2) is 53.5 Å². The van der Waals surface area contributed by atoms with Crippen molar-refractivity contribution in [1.29, 1.82) is 0 Å². The zero-order valence-electron chi connectivity index (χ0n) is 18.8. The van der Waals surface area contributed by atoms with Gasteiger partial charge in [0, 0.05) is 12.3 Å². The Bertz CT molecular complexity index is 1280. The highest BCUT2D eigenvalue weighted by Crippen LogP contribution is 2.16. The van der Waals surface area contributed by atoms with Gasteiger partial charge < -0.3 is 5.32 Å². The first-order valence-electron chi connectivity index (χ1n) is 10.6. The molecule has 2 heterocycles. The van der Waals surface area contributed by atoms with E-state index >= 15 is 0 Å². The summed E-state index contributed by atoms with van der Waals surface area (Å²) in [4.78, 5) is 28.9. The van der Waals surface area contributed by atoms with E-state index in [1.54, 1.807) is 18.3 Å². The van der Waals surface area contributed by atoms with Crippen molar-refractivity contribution in [2.24, 2.45) is 5.92 Å². The summed E-state index contributed by atoms with van der Waals surface area (Å²) in [5.74, 6) is -1.17. The second-order valence-corrected chi connectivity index (χ2v) is 10.7. The van der Waals surface area contributed by atoms with Crippen LogP contribution in [-0.4, -0.2) is 29.5 Å². The lowest BCUT2D eigenvalue weighted by atomic mass is 10.00. The molecule has 1 aromatic carbocycles. The number of aryl methyl sites for hydroxylation is 1. The van der Waals surface area contributed by atoms with E-state index in [1.807, 2.05) is 38.1 Å². The number of aromatic nitrogens is 2. The predicted molar refractivity (Wildman–Crippen MR) is 125 cm³/mol. The number of amides is 1. The highest BCUT2D eigenvalue weighted by Gasteiger charge is 2.20. The van der Waals surface area contributed by atoms with Gasteiger partial charge in [0.1, 0.15) is 11.4 Å². The fraction of sp³-hybridized carbons (Fsp3) is 0.375. The molecule has 3 rings (SSSR count). The van der Waals surface area contributed by atoms with Crippen molar-refractivity contribution in [1.82, 2.24) is 14.7 Å². The minimum absolute atomic E-state index is 0.125. The number of benzene rings is 1. The van der Waals surface area contributed by atoms with Gasteiger partial charge in [-0.05, 0) is 48.9 Å². The monoisotopic (exact) mass is 455 g/mol. The summed E-state index contributed by atoms with van der Waals surface area (Å²) in [6.45, 7) is 7.98. The highest BCUT2D eigenvalue weighted by molar-refractivity contribution is 7.91. The first-order valence-corrected chi connectivity index (χ1v) is 12.4. The number of pyridine rings is 1. The topological polar surface area (TPSA) is 97.6 Å². The molecule has 0 saturated carbocycles. The third-order valence-electron chi connectivity index (χ3n) is 5.08. The molecule has 0 radical (unpaired) electrons. The molecule has 2 aromatic heterocycles. The van der Waals surface area contributed by atoms with Crippen LogP contribution in [0.2, 0.25) is 0 Å². The highest BCUT2D eigenvalue weighted by atomic mass is 32.2. The molecule has 1 N–H and O–H groups in total. The van der Waals surface area contributed by atoms with Crippen molar-refractivity contribution in [3.8, 4) is 0 Å². The molecular formula is C24H29N3O4S. The Balaban J connectivity index is 1.64. The van der Waals surface area contributed by atoms with Crippen LogP contribution >= 0.6 is 0 Å². The molecule has 8 heteroatoms. The summed E-state index contributed by atoms with van der Waals surface area (Å²) in [6.07, 6.45) is 2.62. The zero-order chi connectivity index (χ0) is 23.5. The molecule has 7 nitrogen and oxygen atoms in total. The van der Waals surface area contributed by atoms with E-state index in [1.165, 1.54) is 16.0 Å². The van der Waals surface area contributed by atoms with Gasteiger partial charge in [0.05, 0.1) is 17.5 Å². The van der Waals surface area contributed by atoms with Crippen molar-refractivity contribution in [2.45, 2.75) is 45.9 Å². The normalized spacial score (nSPS) is 12.8. The quantitative estimate of drug-likeness (QED) is 0.563. The molecule has 0 saturated heterocycles. The number of hydrogen-bond acceptors (Lipinski definition) is 5. The number of hydrogen-bond donors (Lipinski definition) is 1. The number of rotatable bonds is 8. The Morgan fingerprint density at radius 1 is 1.09 bits per heavy atom. The van der Waals surface area contributed by atoms with Crippen LogP contribution in [0.4, 0.5) is 0 Å². The van der Waals surface area contributed by atoms with Crippen LogP contribution < -0.4 is 10.9 Å². The third-order valence-corrected chi connectivity index (χ3v) is 6.52. The summed E-state index contributed by atoms with van der Waals surface area (Å²) in [5, 5.41) is 2.74. The molecule has 0 spiro atoms. The minimum atomic E-state index is -3.80. The molecule has 32 heavy (non-hydrogen) atoms. The molecular weight excluding hydrogens is 426 g/mol. The Kier molecular flexibility index (Phi) is 7.13. The van der Waals surface area contributed by atoms with E-state index in [0.717, 1.165) is 17.5 Å². The smallest absolute Gasteiger partial charge is 0.258 e. The van der Waals surface area contributed by atoms with E-state index < -0.39 is 27.3 Å². The van der Waals surface area contributed by atoms with Crippen LogP contribution in [0.1, 0.15) is 49.2 Å². The number of nitrogens with zero attached hydrogens (tertiary/aromatic N) is 2. The summed E-state index contributed by atoms with van der Waals surface area (Å²) in [5.41, 5.74) is 3.15. The summed E-state index contributed by atoms with van der Waals surface area (Å²) in [7, 11) is -3.80. The van der Waals surface area contributed by atoms with Crippen LogP contribution in [-0.2, 0) is 26.8 Å². The molecule has 0 bridgehead atoms. The van der Waals surface area contributed by atoms with E-state index in [2.05, 4.69) is 24.1 Å². The molecule has 0 aliphatic heterocycles. The molecule has 1 amide bonds. The van der Waals surface area contributed by atoms with Gasteiger partial charge in [-0.2, -0.15) is 0 Å². The minimum Gasteiger partial charge on any atom is -0.349 e. The van der Waals surface area contributed by atoms with Crippen LogP contribution in [0.3, 0.4) is 0 Å².